The van der Waals surface area contributed by atoms with Crippen molar-refractivity contribution in [2.45, 2.75) is 18.9 Å². The van der Waals surface area contributed by atoms with E-state index in [1.807, 2.05) is 18.5 Å². The van der Waals surface area contributed by atoms with Crippen LogP contribution in [0.3, 0.4) is 0 Å². The molecule has 0 N–H and O–H groups in total. The van der Waals surface area contributed by atoms with Crippen molar-refractivity contribution in [2.75, 3.05) is 42.6 Å². The fraction of sp³-hybridized carbons (Fsp3) is 0.400. The van der Waals surface area contributed by atoms with Crippen LogP contribution in [0.4, 0.5) is 15.9 Å². The molecule has 1 atom stereocenters. The molecule has 0 amide bonds. The molecule has 1 aromatic carbocycles. The summed E-state index contributed by atoms with van der Waals surface area (Å²) in [6, 6.07) is 6.56. The third-order valence-electron chi connectivity index (χ3n) is 5.55. The summed E-state index contributed by atoms with van der Waals surface area (Å²) >= 11 is 6.39. The highest BCUT2D eigenvalue weighted by Crippen LogP contribution is 2.39. The summed E-state index contributed by atoms with van der Waals surface area (Å²) in [4.78, 5) is 9.40. The van der Waals surface area contributed by atoms with Crippen LogP contribution in [0.2, 0.25) is 5.02 Å². The normalized spacial score (nSPS) is 20.3. The first-order valence-electron chi connectivity index (χ1n) is 9.59. The Labute approximate surface area is 167 Å². The molecule has 6 nitrogen and oxygen atoms in total. The van der Waals surface area contributed by atoms with Gasteiger partial charge in [-0.25, -0.2) is 13.9 Å². The summed E-state index contributed by atoms with van der Waals surface area (Å²) in [5.74, 6) is 0.602. The molecule has 5 rings (SSSR count). The number of rotatable bonds is 3. The Hall–Kier alpha value is -2.38. The molecule has 0 radical (unpaired) electrons. The zero-order chi connectivity index (χ0) is 19.1. The lowest BCUT2D eigenvalue weighted by atomic mass is 10.0. The van der Waals surface area contributed by atoms with Crippen LogP contribution in [-0.4, -0.2) is 47.4 Å². The topological polar surface area (TPSA) is 45.9 Å². The van der Waals surface area contributed by atoms with E-state index in [-0.39, 0.29) is 11.9 Å². The summed E-state index contributed by atoms with van der Waals surface area (Å²) in [5, 5.41) is 5.04. The van der Waals surface area contributed by atoms with Gasteiger partial charge in [-0.05, 0) is 42.7 Å². The predicted molar refractivity (Wildman–Crippen MR) is 107 cm³/mol. The van der Waals surface area contributed by atoms with E-state index in [4.69, 9.17) is 21.3 Å². The van der Waals surface area contributed by atoms with E-state index in [2.05, 4.69) is 14.9 Å². The number of fused-ring (bicyclic) bond motifs is 1. The van der Waals surface area contributed by atoms with E-state index < -0.39 is 0 Å². The highest BCUT2D eigenvalue weighted by atomic mass is 35.5. The number of anilines is 2. The minimum atomic E-state index is -0.264. The van der Waals surface area contributed by atoms with Gasteiger partial charge >= 0.3 is 0 Å². The Kier molecular flexibility index (Phi) is 4.56. The Morgan fingerprint density at radius 3 is 2.86 bits per heavy atom. The van der Waals surface area contributed by atoms with E-state index in [9.17, 15) is 4.39 Å². The van der Waals surface area contributed by atoms with Crippen LogP contribution in [0, 0.1) is 5.82 Å². The first-order chi connectivity index (χ1) is 13.7. The second-order valence-electron chi connectivity index (χ2n) is 7.20. The number of aromatic nitrogens is 3. The smallest absolute Gasteiger partial charge is 0.180 e. The van der Waals surface area contributed by atoms with Crippen molar-refractivity contribution in [2.24, 2.45) is 0 Å². The molecular weight excluding hydrogens is 381 g/mol. The molecule has 8 heteroatoms. The van der Waals surface area contributed by atoms with Gasteiger partial charge in [0.2, 0.25) is 0 Å². The zero-order valence-corrected chi connectivity index (χ0v) is 16.1. The maximum absolute atomic E-state index is 13.8. The van der Waals surface area contributed by atoms with Gasteiger partial charge in [0.25, 0.3) is 0 Å². The summed E-state index contributed by atoms with van der Waals surface area (Å²) in [6.07, 6.45) is 5.73. The molecular formula is C20H21ClFN5O. The van der Waals surface area contributed by atoms with Gasteiger partial charge in [-0.2, -0.15) is 5.10 Å². The van der Waals surface area contributed by atoms with Crippen LogP contribution in [0.5, 0.6) is 0 Å². The molecule has 0 bridgehead atoms. The Balaban J connectivity index is 1.52. The van der Waals surface area contributed by atoms with Crippen molar-refractivity contribution >= 4 is 28.8 Å². The van der Waals surface area contributed by atoms with Gasteiger partial charge in [-0.1, -0.05) is 11.6 Å². The second kappa shape index (κ2) is 7.22. The summed E-state index contributed by atoms with van der Waals surface area (Å²) in [5.41, 5.74) is 2.67. The minimum Gasteiger partial charge on any atom is -0.378 e. The largest absolute Gasteiger partial charge is 0.378 e. The van der Waals surface area contributed by atoms with Crippen molar-refractivity contribution < 1.29 is 9.13 Å². The third-order valence-corrected chi connectivity index (χ3v) is 5.90. The summed E-state index contributed by atoms with van der Waals surface area (Å²) in [7, 11) is 0. The number of hydrogen-bond acceptors (Lipinski definition) is 5. The van der Waals surface area contributed by atoms with Crippen molar-refractivity contribution in [3.05, 3.63) is 53.1 Å². The van der Waals surface area contributed by atoms with Gasteiger partial charge in [-0.15, -0.1) is 0 Å². The van der Waals surface area contributed by atoms with Gasteiger partial charge in [0.05, 0.1) is 25.5 Å². The van der Waals surface area contributed by atoms with E-state index >= 15 is 0 Å². The second-order valence-corrected chi connectivity index (χ2v) is 7.61. The van der Waals surface area contributed by atoms with E-state index in [1.54, 1.807) is 16.6 Å². The number of benzene rings is 1. The van der Waals surface area contributed by atoms with Crippen molar-refractivity contribution in [1.29, 1.82) is 0 Å². The first kappa shape index (κ1) is 17.7. The molecule has 2 saturated heterocycles. The SMILES string of the molecule is Fc1ccc(Cl)c([C@H]2CCCN2c2ccn3ncc(N4CCOCC4)c3n2)c1. The lowest BCUT2D eigenvalue weighted by Gasteiger charge is -2.28. The molecule has 0 unspecified atom stereocenters. The van der Waals surface area contributed by atoms with Crippen molar-refractivity contribution in [3.8, 4) is 0 Å². The van der Waals surface area contributed by atoms with Gasteiger partial charge in [0.1, 0.15) is 17.3 Å². The number of ether oxygens (including phenoxy) is 1. The van der Waals surface area contributed by atoms with Crippen LogP contribution in [0.15, 0.2) is 36.7 Å². The van der Waals surface area contributed by atoms with Crippen LogP contribution in [0.1, 0.15) is 24.4 Å². The molecule has 0 saturated carbocycles. The maximum atomic E-state index is 13.8. The maximum Gasteiger partial charge on any atom is 0.180 e. The molecule has 28 heavy (non-hydrogen) atoms. The zero-order valence-electron chi connectivity index (χ0n) is 15.4. The number of hydrogen-bond donors (Lipinski definition) is 0. The van der Waals surface area contributed by atoms with E-state index in [0.29, 0.717) is 18.2 Å². The van der Waals surface area contributed by atoms with Gasteiger partial charge in [-0.3, -0.25) is 0 Å². The molecule has 146 valence electrons. The van der Waals surface area contributed by atoms with Crippen molar-refractivity contribution in [1.82, 2.24) is 14.6 Å². The molecule has 3 aromatic rings. The van der Waals surface area contributed by atoms with Crippen LogP contribution in [-0.2, 0) is 4.74 Å². The summed E-state index contributed by atoms with van der Waals surface area (Å²) in [6.45, 7) is 3.95. The Morgan fingerprint density at radius 1 is 1.14 bits per heavy atom. The van der Waals surface area contributed by atoms with Crippen LogP contribution < -0.4 is 9.80 Å². The standard InChI is InChI=1S/C20H21ClFN5O/c21-16-4-3-14(22)12-15(16)17-2-1-6-26(17)19-5-7-27-20(24-19)18(13-23-27)25-8-10-28-11-9-25/h3-5,7,12-13,17H,1-2,6,8-11H2/t17-/m1/s1. The van der Waals surface area contributed by atoms with Crippen LogP contribution >= 0.6 is 11.6 Å². The Morgan fingerprint density at radius 2 is 2.00 bits per heavy atom. The number of morpholine rings is 1. The van der Waals surface area contributed by atoms with Gasteiger partial charge in [0.15, 0.2) is 5.65 Å². The summed E-state index contributed by atoms with van der Waals surface area (Å²) < 4.78 is 21.1. The minimum absolute atomic E-state index is 0.0212. The fourth-order valence-corrected chi connectivity index (χ4v) is 4.41. The predicted octanol–water partition coefficient (Wildman–Crippen LogP) is 3.70. The van der Waals surface area contributed by atoms with E-state index in [0.717, 1.165) is 55.2 Å². The molecule has 2 fully saturated rings. The van der Waals surface area contributed by atoms with Gasteiger partial charge < -0.3 is 14.5 Å². The molecule has 2 aliphatic rings. The van der Waals surface area contributed by atoms with Gasteiger partial charge in [0, 0.05) is 30.9 Å². The molecule has 2 aliphatic heterocycles. The third kappa shape index (κ3) is 3.08. The fourth-order valence-electron chi connectivity index (χ4n) is 4.17. The Bertz CT molecular complexity index is 1000. The average Bonchev–Trinajstić information content (AvgIpc) is 3.37. The van der Waals surface area contributed by atoms with Crippen LogP contribution in [0.25, 0.3) is 5.65 Å². The number of halogens is 2. The highest BCUT2D eigenvalue weighted by molar-refractivity contribution is 6.31. The van der Waals surface area contributed by atoms with Crippen molar-refractivity contribution in [3.63, 3.8) is 0 Å². The number of nitrogens with zero attached hydrogens (tertiary/aromatic N) is 5. The molecule has 2 aromatic heterocycles. The van der Waals surface area contributed by atoms with E-state index in [1.165, 1.54) is 6.07 Å². The first-order valence-corrected chi connectivity index (χ1v) is 9.97. The monoisotopic (exact) mass is 401 g/mol. The lowest BCUT2D eigenvalue weighted by Crippen LogP contribution is -2.36. The quantitative estimate of drug-likeness (QED) is 0.669. The highest BCUT2D eigenvalue weighted by Gasteiger charge is 2.29. The average molecular weight is 402 g/mol. The molecule has 4 heterocycles. The molecule has 0 spiro atoms. The lowest BCUT2D eigenvalue weighted by molar-refractivity contribution is 0.123. The molecule has 0 aliphatic carbocycles.